The number of hydrogen-bond donors (Lipinski definition) is 1. The van der Waals surface area contributed by atoms with Crippen molar-refractivity contribution in [3.05, 3.63) is 53.6 Å². The molecule has 0 bridgehead atoms. The number of nitrogens with zero attached hydrogens (tertiary/aromatic N) is 4. The minimum Gasteiger partial charge on any atom is -0.365 e. The van der Waals surface area contributed by atoms with Gasteiger partial charge in [-0.05, 0) is 29.8 Å². The average Bonchev–Trinajstić information content (AvgIpc) is 2.89. The molecule has 0 saturated heterocycles. The van der Waals surface area contributed by atoms with Crippen LogP contribution in [0, 0.1) is 5.82 Å². The van der Waals surface area contributed by atoms with Gasteiger partial charge in [0.15, 0.2) is 11.5 Å². The number of aromatic nitrogens is 4. The van der Waals surface area contributed by atoms with Gasteiger partial charge >= 0.3 is 0 Å². The van der Waals surface area contributed by atoms with Crippen molar-refractivity contribution in [2.75, 3.05) is 5.32 Å². The van der Waals surface area contributed by atoms with Crippen LogP contribution in [0.1, 0.15) is 18.3 Å². The quantitative estimate of drug-likeness (QED) is 0.792. The molecule has 102 valence electrons. The molecule has 0 fully saturated rings. The van der Waals surface area contributed by atoms with Gasteiger partial charge in [-0.15, -0.1) is 15.3 Å². The van der Waals surface area contributed by atoms with Gasteiger partial charge in [0.05, 0.1) is 0 Å². The summed E-state index contributed by atoms with van der Waals surface area (Å²) >= 11 is 0. The monoisotopic (exact) mass is 271 g/mol. The van der Waals surface area contributed by atoms with E-state index in [1.54, 1.807) is 16.6 Å². The highest BCUT2D eigenvalue weighted by atomic mass is 19.1. The van der Waals surface area contributed by atoms with E-state index in [4.69, 9.17) is 0 Å². The van der Waals surface area contributed by atoms with E-state index < -0.39 is 0 Å². The highest BCUT2D eigenvalue weighted by Crippen LogP contribution is 2.10. The van der Waals surface area contributed by atoms with Crippen LogP contribution in [0.15, 0.2) is 36.4 Å². The lowest BCUT2D eigenvalue weighted by Crippen LogP contribution is -2.05. The molecule has 0 unspecified atom stereocenters. The van der Waals surface area contributed by atoms with E-state index in [9.17, 15) is 4.39 Å². The molecular weight excluding hydrogens is 257 g/mol. The molecule has 0 aliphatic heterocycles. The van der Waals surface area contributed by atoms with Crippen molar-refractivity contribution in [2.24, 2.45) is 0 Å². The molecule has 0 saturated carbocycles. The Labute approximate surface area is 115 Å². The molecule has 3 aromatic rings. The topological polar surface area (TPSA) is 55.1 Å². The molecule has 2 heterocycles. The third-order valence-corrected chi connectivity index (χ3v) is 3.03. The van der Waals surface area contributed by atoms with Crippen molar-refractivity contribution in [2.45, 2.75) is 19.9 Å². The number of hydrogen-bond acceptors (Lipinski definition) is 4. The van der Waals surface area contributed by atoms with E-state index >= 15 is 0 Å². The fourth-order valence-corrected chi connectivity index (χ4v) is 1.94. The minimum atomic E-state index is -0.231. The molecule has 1 N–H and O–H groups in total. The summed E-state index contributed by atoms with van der Waals surface area (Å²) in [5.74, 6) is 1.33. The molecule has 6 heteroatoms. The first-order chi connectivity index (χ1) is 9.76. The Morgan fingerprint density at radius 3 is 2.65 bits per heavy atom. The fourth-order valence-electron chi connectivity index (χ4n) is 1.94. The second kappa shape index (κ2) is 5.24. The number of fused-ring (bicyclic) bond motifs is 1. The maximum atomic E-state index is 12.8. The van der Waals surface area contributed by atoms with E-state index in [-0.39, 0.29) is 5.82 Å². The summed E-state index contributed by atoms with van der Waals surface area (Å²) in [6.45, 7) is 2.60. The van der Waals surface area contributed by atoms with Crippen LogP contribution in [-0.2, 0) is 13.0 Å². The summed E-state index contributed by atoms with van der Waals surface area (Å²) in [6.07, 6.45) is 0.773. The van der Waals surface area contributed by atoms with Gasteiger partial charge in [0.1, 0.15) is 11.6 Å². The number of rotatable bonds is 4. The van der Waals surface area contributed by atoms with Crippen LogP contribution in [0.4, 0.5) is 10.2 Å². The Bertz CT molecular complexity index is 720. The number of halogens is 1. The number of anilines is 1. The number of benzene rings is 1. The van der Waals surface area contributed by atoms with Crippen LogP contribution >= 0.6 is 0 Å². The lowest BCUT2D eigenvalue weighted by Gasteiger charge is -2.06. The van der Waals surface area contributed by atoms with Crippen LogP contribution in [0.2, 0.25) is 0 Å². The van der Waals surface area contributed by atoms with Crippen LogP contribution in [-0.4, -0.2) is 19.8 Å². The summed E-state index contributed by atoms with van der Waals surface area (Å²) < 4.78 is 14.6. The maximum absolute atomic E-state index is 12.8. The number of nitrogens with one attached hydrogen (secondary N) is 1. The second-order valence-corrected chi connectivity index (χ2v) is 4.44. The second-order valence-electron chi connectivity index (χ2n) is 4.44. The van der Waals surface area contributed by atoms with Gasteiger partial charge in [-0.2, -0.15) is 4.52 Å². The van der Waals surface area contributed by atoms with Crippen LogP contribution in [0.25, 0.3) is 5.65 Å². The molecule has 0 atom stereocenters. The van der Waals surface area contributed by atoms with Gasteiger partial charge in [0, 0.05) is 13.0 Å². The van der Waals surface area contributed by atoms with Gasteiger partial charge in [0.2, 0.25) is 0 Å². The van der Waals surface area contributed by atoms with E-state index in [2.05, 4.69) is 20.6 Å². The van der Waals surface area contributed by atoms with E-state index in [0.717, 1.165) is 29.3 Å². The van der Waals surface area contributed by atoms with Crippen molar-refractivity contribution < 1.29 is 4.39 Å². The molecule has 0 amide bonds. The summed E-state index contributed by atoms with van der Waals surface area (Å²) in [5, 5.41) is 15.8. The zero-order chi connectivity index (χ0) is 13.9. The maximum Gasteiger partial charge on any atom is 0.178 e. The Kier molecular flexibility index (Phi) is 3.28. The van der Waals surface area contributed by atoms with Crippen molar-refractivity contribution in [1.29, 1.82) is 0 Å². The van der Waals surface area contributed by atoms with E-state index in [0.29, 0.717) is 6.54 Å². The third kappa shape index (κ3) is 2.45. The summed E-state index contributed by atoms with van der Waals surface area (Å²) in [4.78, 5) is 0. The Morgan fingerprint density at radius 2 is 1.90 bits per heavy atom. The zero-order valence-electron chi connectivity index (χ0n) is 11.0. The largest absolute Gasteiger partial charge is 0.365 e. The summed E-state index contributed by atoms with van der Waals surface area (Å²) in [6, 6.07) is 10.1. The SMILES string of the molecule is CCc1nnc2ccc(NCc3ccc(F)cc3)nn12. The van der Waals surface area contributed by atoms with Gasteiger partial charge in [-0.1, -0.05) is 19.1 Å². The zero-order valence-corrected chi connectivity index (χ0v) is 11.0. The van der Waals surface area contributed by atoms with Crippen molar-refractivity contribution >= 4 is 11.5 Å². The van der Waals surface area contributed by atoms with Gasteiger partial charge in [0.25, 0.3) is 0 Å². The summed E-state index contributed by atoms with van der Waals surface area (Å²) in [7, 11) is 0. The van der Waals surface area contributed by atoms with Crippen LogP contribution < -0.4 is 5.32 Å². The molecule has 0 radical (unpaired) electrons. The predicted molar refractivity (Wildman–Crippen MR) is 73.9 cm³/mol. The standard InChI is InChI=1S/C14H14FN5/c1-2-13-17-18-14-8-7-12(19-20(13)14)16-9-10-3-5-11(15)6-4-10/h3-8H,2,9H2,1H3,(H,16,19). The summed E-state index contributed by atoms with van der Waals surface area (Å²) in [5.41, 5.74) is 1.72. The molecule has 3 rings (SSSR count). The molecule has 5 nitrogen and oxygen atoms in total. The smallest absolute Gasteiger partial charge is 0.178 e. The molecule has 0 spiro atoms. The first-order valence-electron chi connectivity index (χ1n) is 6.46. The molecule has 1 aromatic carbocycles. The van der Waals surface area contributed by atoms with Crippen molar-refractivity contribution in [1.82, 2.24) is 19.8 Å². The average molecular weight is 271 g/mol. The molecule has 20 heavy (non-hydrogen) atoms. The highest BCUT2D eigenvalue weighted by Gasteiger charge is 2.05. The first kappa shape index (κ1) is 12.5. The van der Waals surface area contributed by atoms with Crippen LogP contribution in [0.5, 0.6) is 0 Å². The molecular formula is C14H14FN5. The third-order valence-electron chi connectivity index (χ3n) is 3.03. The van der Waals surface area contributed by atoms with E-state index in [1.807, 2.05) is 19.1 Å². The van der Waals surface area contributed by atoms with Crippen molar-refractivity contribution in [3.8, 4) is 0 Å². The first-order valence-corrected chi connectivity index (χ1v) is 6.46. The normalized spacial score (nSPS) is 10.9. The Morgan fingerprint density at radius 1 is 1.10 bits per heavy atom. The molecule has 2 aromatic heterocycles. The Balaban J connectivity index is 1.78. The van der Waals surface area contributed by atoms with Gasteiger partial charge in [-0.3, -0.25) is 0 Å². The lowest BCUT2D eigenvalue weighted by molar-refractivity contribution is 0.627. The van der Waals surface area contributed by atoms with E-state index in [1.165, 1.54) is 12.1 Å². The minimum absolute atomic E-state index is 0.231. The molecule has 0 aliphatic rings. The number of aryl methyl sites for hydroxylation is 1. The van der Waals surface area contributed by atoms with Crippen LogP contribution in [0.3, 0.4) is 0 Å². The Hall–Kier alpha value is -2.50. The highest BCUT2D eigenvalue weighted by molar-refractivity contribution is 5.44. The van der Waals surface area contributed by atoms with Gasteiger partial charge in [-0.25, -0.2) is 4.39 Å². The van der Waals surface area contributed by atoms with Crippen molar-refractivity contribution in [3.63, 3.8) is 0 Å². The predicted octanol–water partition coefficient (Wildman–Crippen LogP) is 2.44. The lowest BCUT2D eigenvalue weighted by atomic mass is 10.2. The molecule has 0 aliphatic carbocycles. The van der Waals surface area contributed by atoms with Gasteiger partial charge < -0.3 is 5.32 Å². The fraction of sp³-hybridized carbons (Fsp3) is 0.214.